The van der Waals surface area contributed by atoms with E-state index in [1.807, 2.05) is 26.0 Å². The molecule has 5 rings (SSSR count). The van der Waals surface area contributed by atoms with Crippen molar-refractivity contribution >= 4 is 11.5 Å². The predicted octanol–water partition coefficient (Wildman–Crippen LogP) is 4.34. The van der Waals surface area contributed by atoms with Crippen LogP contribution in [0.5, 0.6) is 0 Å². The highest BCUT2D eigenvalue weighted by Crippen LogP contribution is 2.43. The molecule has 0 unspecified atom stereocenters. The minimum absolute atomic E-state index is 0.311. The van der Waals surface area contributed by atoms with E-state index in [1.165, 1.54) is 12.1 Å². The first-order valence-corrected chi connectivity index (χ1v) is 8.26. The molecule has 0 spiro atoms. The summed E-state index contributed by atoms with van der Waals surface area (Å²) in [5.74, 6) is 1.08. The highest BCUT2D eigenvalue weighted by Gasteiger charge is 2.25. The molecule has 26 heavy (non-hydrogen) atoms. The molecule has 7 heteroatoms. The van der Waals surface area contributed by atoms with E-state index < -0.39 is 0 Å². The summed E-state index contributed by atoms with van der Waals surface area (Å²) in [6.45, 7) is 3.90. The number of hydrogen-bond acceptors (Lipinski definition) is 4. The van der Waals surface area contributed by atoms with Gasteiger partial charge in [0, 0.05) is 23.0 Å². The molecule has 0 amide bonds. The van der Waals surface area contributed by atoms with Crippen LogP contribution in [-0.2, 0) is 0 Å². The number of hydrogen-bond donors (Lipinski definition) is 3. The van der Waals surface area contributed by atoms with E-state index in [1.54, 1.807) is 12.3 Å². The lowest BCUT2D eigenvalue weighted by molar-refractivity contribution is 0.628. The largest absolute Gasteiger partial charge is 0.339 e. The third-order valence-electron chi connectivity index (χ3n) is 4.64. The van der Waals surface area contributed by atoms with Gasteiger partial charge in [-0.05, 0) is 44.2 Å². The summed E-state index contributed by atoms with van der Waals surface area (Å²) in [5.41, 5.74) is 6.71. The molecular formula is C19H15FN6. The molecule has 0 atom stereocenters. The van der Waals surface area contributed by atoms with E-state index >= 15 is 0 Å². The number of aryl methyl sites for hydroxylation is 2. The molecule has 0 radical (unpaired) electrons. The second-order valence-electron chi connectivity index (χ2n) is 6.33. The third kappa shape index (κ3) is 2.07. The maximum Gasteiger partial charge on any atom is 0.142 e. The van der Waals surface area contributed by atoms with Crippen LogP contribution in [0.2, 0.25) is 0 Å². The van der Waals surface area contributed by atoms with Gasteiger partial charge in [-0.3, -0.25) is 5.10 Å². The van der Waals surface area contributed by atoms with Gasteiger partial charge in [0.15, 0.2) is 0 Å². The van der Waals surface area contributed by atoms with Crippen LogP contribution in [0.3, 0.4) is 0 Å². The van der Waals surface area contributed by atoms with E-state index in [9.17, 15) is 4.39 Å². The number of pyridine rings is 1. The molecule has 4 heterocycles. The molecule has 6 nitrogen and oxygen atoms in total. The quantitative estimate of drug-likeness (QED) is 0.422. The van der Waals surface area contributed by atoms with Crippen molar-refractivity contribution in [3.8, 4) is 33.9 Å². The van der Waals surface area contributed by atoms with E-state index in [4.69, 9.17) is 4.98 Å². The van der Waals surface area contributed by atoms with Gasteiger partial charge < -0.3 is 10.3 Å². The fourth-order valence-corrected chi connectivity index (χ4v) is 3.44. The van der Waals surface area contributed by atoms with Crippen LogP contribution in [0.1, 0.15) is 11.4 Å². The molecule has 0 bridgehead atoms. The molecular weight excluding hydrogens is 331 g/mol. The zero-order valence-electron chi connectivity index (χ0n) is 14.2. The Morgan fingerprint density at radius 2 is 1.96 bits per heavy atom. The van der Waals surface area contributed by atoms with Crippen molar-refractivity contribution in [3.05, 3.63) is 53.7 Å². The number of nitrogens with zero attached hydrogens (tertiary/aromatic N) is 3. The fourth-order valence-electron chi connectivity index (χ4n) is 3.44. The molecule has 128 valence electrons. The number of halogens is 1. The molecule has 0 saturated heterocycles. The van der Waals surface area contributed by atoms with Crippen molar-refractivity contribution in [1.82, 2.24) is 25.1 Å². The van der Waals surface area contributed by atoms with E-state index in [0.29, 0.717) is 11.5 Å². The number of aromatic nitrogens is 5. The first-order chi connectivity index (χ1) is 12.6. The van der Waals surface area contributed by atoms with Crippen molar-refractivity contribution in [1.29, 1.82) is 0 Å². The Morgan fingerprint density at radius 1 is 1.08 bits per heavy atom. The van der Waals surface area contributed by atoms with Crippen molar-refractivity contribution in [2.45, 2.75) is 13.8 Å². The van der Waals surface area contributed by atoms with Crippen molar-refractivity contribution < 1.29 is 4.39 Å². The van der Waals surface area contributed by atoms with E-state index in [0.717, 1.165) is 45.3 Å². The van der Waals surface area contributed by atoms with Gasteiger partial charge in [0.05, 0.1) is 28.3 Å². The predicted molar refractivity (Wildman–Crippen MR) is 97.6 cm³/mol. The van der Waals surface area contributed by atoms with Crippen molar-refractivity contribution in [2.24, 2.45) is 0 Å². The lowest BCUT2D eigenvalue weighted by Crippen LogP contribution is -1.96. The summed E-state index contributed by atoms with van der Waals surface area (Å²) in [6.07, 6.45) is 1.71. The van der Waals surface area contributed by atoms with E-state index in [2.05, 4.69) is 25.5 Å². The smallest absolute Gasteiger partial charge is 0.142 e. The van der Waals surface area contributed by atoms with Crippen LogP contribution in [0, 0.1) is 19.7 Å². The number of benzene rings is 1. The highest BCUT2D eigenvalue weighted by atomic mass is 19.1. The summed E-state index contributed by atoms with van der Waals surface area (Å²) < 4.78 is 13.8. The Kier molecular flexibility index (Phi) is 3.00. The maximum atomic E-state index is 13.8. The zero-order valence-corrected chi connectivity index (χ0v) is 14.2. The van der Waals surface area contributed by atoms with Crippen molar-refractivity contribution in [2.75, 3.05) is 5.32 Å². The average molecular weight is 346 g/mol. The van der Waals surface area contributed by atoms with Gasteiger partial charge in [0.25, 0.3) is 0 Å². The number of nitrogens with one attached hydrogen (secondary N) is 3. The maximum absolute atomic E-state index is 13.8. The Bertz CT molecular complexity index is 1140. The van der Waals surface area contributed by atoms with Gasteiger partial charge >= 0.3 is 0 Å². The number of imidazole rings is 1. The van der Waals surface area contributed by atoms with Crippen LogP contribution in [-0.4, -0.2) is 25.1 Å². The van der Waals surface area contributed by atoms with Crippen molar-refractivity contribution in [3.63, 3.8) is 0 Å². The number of anilines is 2. The molecule has 3 N–H and O–H groups in total. The van der Waals surface area contributed by atoms with Crippen LogP contribution < -0.4 is 5.32 Å². The molecule has 0 fully saturated rings. The summed E-state index contributed by atoms with van der Waals surface area (Å²) >= 11 is 0. The van der Waals surface area contributed by atoms with Gasteiger partial charge in [-0.25, -0.2) is 14.4 Å². The molecule has 4 aromatic rings. The lowest BCUT2D eigenvalue weighted by atomic mass is 10.1. The number of rotatable bonds is 1. The monoisotopic (exact) mass is 346 g/mol. The lowest BCUT2D eigenvalue weighted by Gasteiger charge is -2.08. The van der Waals surface area contributed by atoms with Crippen LogP contribution in [0.25, 0.3) is 33.9 Å². The Balaban J connectivity index is 1.84. The first-order valence-electron chi connectivity index (χ1n) is 8.26. The summed E-state index contributed by atoms with van der Waals surface area (Å²) in [4.78, 5) is 12.7. The number of fused-ring (bicyclic) bond motifs is 5. The van der Waals surface area contributed by atoms with Crippen LogP contribution >= 0.6 is 0 Å². The molecule has 0 aliphatic carbocycles. The Labute approximate surface area is 148 Å². The third-order valence-corrected chi connectivity index (χ3v) is 4.64. The van der Waals surface area contributed by atoms with Crippen LogP contribution in [0.4, 0.5) is 15.9 Å². The molecule has 0 saturated carbocycles. The van der Waals surface area contributed by atoms with E-state index in [-0.39, 0.29) is 5.82 Å². The minimum atomic E-state index is -0.311. The summed E-state index contributed by atoms with van der Waals surface area (Å²) in [5, 5.41) is 10.5. The van der Waals surface area contributed by atoms with Gasteiger partial charge in [-0.1, -0.05) is 0 Å². The van der Waals surface area contributed by atoms with Gasteiger partial charge in [0.2, 0.25) is 0 Å². The number of aromatic amines is 2. The molecule has 3 aromatic heterocycles. The average Bonchev–Trinajstić information content (AvgIpc) is 3.15. The second-order valence-corrected chi connectivity index (χ2v) is 6.33. The van der Waals surface area contributed by atoms with Gasteiger partial charge in [-0.15, -0.1) is 0 Å². The first kappa shape index (κ1) is 14.8. The Hall–Kier alpha value is -3.48. The van der Waals surface area contributed by atoms with Gasteiger partial charge in [-0.2, -0.15) is 5.10 Å². The minimum Gasteiger partial charge on any atom is -0.339 e. The molecule has 1 aliphatic rings. The number of H-pyrrole nitrogens is 2. The summed E-state index contributed by atoms with van der Waals surface area (Å²) in [6, 6.07) is 8.48. The highest BCUT2D eigenvalue weighted by molar-refractivity contribution is 5.95. The second kappa shape index (κ2) is 5.26. The fraction of sp³-hybridized carbons (Fsp3) is 0.105. The topological polar surface area (TPSA) is 82.3 Å². The summed E-state index contributed by atoms with van der Waals surface area (Å²) in [7, 11) is 0. The van der Waals surface area contributed by atoms with Gasteiger partial charge in [0.1, 0.15) is 17.5 Å². The standard InChI is InChI=1S/C19H15FN6/c1-9-15(10(2)26-25-9)19-23-16-12-6-5-11(20)8-14(12)22-18-13(17(16)24-19)4-3-7-21-18/h3-8H,1-2H3,(H,21,22)(H,23,24)(H,25,26). The Morgan fingerprint density at radius 3 is 2.77 bits per heavy atom. The SMILES string of the molecule is Cc1n[nH]c(C)c1-c1nc2c([nH]1)-c1cccnc1Nc1cc(F)ccc1-2. The normalized spacial score (nSPS) is 12.0. The molecule has 1 aliphatic heterocycles. The molecule has 1 aromatic carbocycles. The van der Waals surface area contributed by atoms with Crippen LogP contribution in [0.15, 0.2) is 36.5 Å². The zero-order chi connectivity index (χ0) is 17.8.